The Balaban J connectivity index is 0.000000223. The number of rotatable bonds is 4. The van der Waals surface area contributed by atoms with Crippen molar-refractivity contribution in [1.82, 2.24) is 0 Å². The average molecular weight is 600 g/mol. The lowest BCUT2D eigenvalue weighted by Crippen LogP contribution is -2.04. The zero-order chi connectivity index (χ0) is 24.1. The standard InChI is InChI=1S/C16H14O5S.C12H10.HI/c1-20-14-9-12-7-10-5-3-4-6-11(10)8-13(12)16(15(14)21-2)22(17,18)19;1-3-7-11(8-4-1)12-9-5-2-6-10-12;/h3-9H,1-2H3,(H,17,18,19);1-10H;1H. The van der Waals surface area contributed by atoms with E-state index in [-0.39, 0.29) is 40.4 Å². The van der Waals surface area contributed by atoms with Crippen LogP contribution in [0.3, 0.4) is 0 Å². The highest BCUT2D eigenvalue weighted by atomic mass is 127. The van der Waals surface area contributed by atoms with E-state index in [1.165, 1.54) is 25.3 Å². The molecule has 0 saturated carbocycles. The molecule has 0 saturated heterocycles. The van der Waals surface area contributed by atoms with E-state index < -0.39 is 10.1 Å². The Morgan fingerprint density at radius 1 is 0.629 bits per heavy atom. The first kappa shape index (κ1) is 26.5. The Hall–Kier alpha value is -3.14. The highest BCUT2D eigenvalue weighted by molar-refractivity contribution is 14.0. The van der Waals surface area contributed by atoms with E-state index in [1.54, 1.807) is 12.1 Å². The van der Waals surface area contributed by atoms with E-state index in [0.717, 1.165) is 10.8 Å². The van der Waals surface area contributed by atoms with E-state index in [4.69, 9.17) is 9.47 Å². The quantitative estimate of drug-likeness (QED) is 0.134. The molecule has 0 aromatic heterocycles. The number of hydrogen-bond acceptors (Lipinski definition) is 4. The number of fused-ring (bicyclic) bond motifs is 2. The SMILES string of the molecule is COc1cc2cc3ccccc3cc2c(S(=O)(=O)O)c1OC.I.c1ccc(-c2ccccc2)cc1. The molecule has 0 spiro atoms. The van der Waals surface area contributed by atoms with Crippen LogP contribution < -0.4 is 9.47 Å². The van der Waals surface area contributed by atoms with Crippen LogP contribution in [0.1, 0.15) is 0 Å². The van der Waals surface area contributed by atoms with Crippen LogP contribution >= 0.6 is 24.0 Å². The fraction of sp³-hybridized carbons (Fsp3) is 0.0714. The van der Waals surface area contributed by atoms with Gasteiger partial charge in [-0.15, -0.1) is 24.0 Å². The molecule has 0 aliphatic heterocycles. The van der Waals surface area contributed by atoms with Crippen molar-refractivity contribution < 1.29 is 22.4 Å². The molecule has 0 fully saturated rings. The van der Waals surface area contributed by atoms with Crippen molar-refractivity contribution in [3.8, 4) is 22.6 Å². The van der Waals surface area contributed by atoms with Crippen molar-refractivity contribution in [2.75, 3.05) is 14.2 Å². The van der Waals surface area contributed by atoms with E-state index >= 15 is 0 Å². The zero-order valence-corrected chi connectivity index (χ0v) is 22.4. The fourth-order valence-electron chi connectivity index (χ4n) is 3.88. The van der Waals surface area contributed by atoms with Gasteiger partial charge in [-0.1, -0.05) is 84.9 Å². The summed E-state index contributed by atoms with van der Waals surface area (Å²) in [6, 6.07) is 33.6. The summed E-state index contributed by atoms with van der Waals surface area (Å²) in [4.78, 5) is -0.282. The van der Waals surface area contributed by atoms with Crippen molar-refractivity contribution in [2.24, 2.45) is 0 Å². The van der Waals surface area contributed by atoms with Crippen molar-refractivity contribution in [3.63, 3.8) is 0 Å². The van der Waals surface area contributed by atoms with E-state index in [9.17, 15) is 13.0 Å². The highest BCUT2D eigenvalue weighted by Gasteiger charge is 2.24. The van der Waals surface area contributed by atoms with Crippen LogP contribution in [-0.4, -0.2) is 27.2 Å². The molecule has 0 unspecified atom stereocenters. The Kier molecular flexibility index (Phi) is 8.71. The largest absolute Gasteiger partial charge is 0.493 e. The monoisotopic (exact) mass is 600 g/mol. The summed E-state index contributed by atoms with van der Waals surface area (Å²) in [5.41, 5.74) is 2.55. The van der Waals surface area contributed by atoms with Gasteiger partial charge in [0.25, 0.3) is 10.1 Å². The summed E-state index contributed by atoms with van der Waals surface area (Å²) in [6.07, 6.45) is 0. The minimum Gasteiger partial charge on any atom is -0.493 e. The molecule has 5 aromatic carbocycles. The van der Waals surface area contributed by atoms with Crippen LogP contribution in [0.4, 0.5) is 0 Å². The molecule has 5 aromatic rings. The van der Waals surface area contributed by atoms with E-state index in [1.807, 2.05) is 42.5 Å². The van der Waals surface area contributed by atoms with Crippen LogP contribution in [-0.2, 0) is 10.1 Å². The smallest absolute Gasteiger partial charge is 0.299 e. The lowest BCUT2D eigenvalue weighted by atomic mass is 10.0. The number of methoxy groups -OCH3 is 2. The number of ether oxygens (including phenoxy) is 2. The summed E-state index contributed by atoms with van der Waals surface area (Å²) in [5, 5.41) is 2.86. The first-order valence-corrected chi connectivity index (χ1v) is 12.0. The van der Waals surface area contributed by atoms with Gasteiger partial charge in [0, 0.05) is 5.39 Å². The van der Waals surface area contributed by atoms with Crippen LogP contribution in [0.25, 0.3) is 32.7 Å². The molecule has 35 heavy (non-hydrogen) atoms. The Morgan fingerprint density at radius 2 is 1.11 bits per heavy atom. The molecule has 0 aliphatic rings. The molecule has 0 atom stereocenters. The summed E-state index contributed by atoms with van der Waals surface area (Å²) in [7, 11) is -1.73. The maximum absolute atomic E-state index is 11.9. The van der Waals surface area contributed by atoms with Gasteiger partial charge in [0.1, 0.15) is 4.90 Å². The van der Waals surface area contributed by atoms with Crippen LogP contribution in [0, 0.1) is 0 Å². The van der Waals surface area contributed by atoms with Gasteiger partial charge in [0.2, 0.25) is 0 Å². The molecule has 5 rings (SSSR count). The van der Waals surface area contributed by atoms with Crippen molar-refractivity contribution in [1.29, 1.82) is 0 Å². The van der Waals surface area contributed by atoms with Crippen LogP contribution in [0.2, 0.25) is 0 Å². The third kappa shape index (κ3) is 5.93. The third-order valence-corrected chi connectivity index (χ3v) is 6.36. The molecule has 7 heteroatoms. The van der Waals surface area contributed by atoms with Gasteiger partial charge in [-0.05, 0) is 45.5 Å². The number of halogens is 1. The lowest BCUT2D eigenvalue weighted by molar-refractivity contribution is 0.346. The van der Waals surface area contributed by atoms with Gasteiger partial charge in [-0.2, -0.15) is 8.42 Å². The Bertz CT molecular complexity index is 1500. The van der Waals surface area contributed by atoms with E-state index in [2.05, 4.69) is 48.5 Å². The molecule has 0 aliphatic carbocycles. The molecule has 0 heterocycles. The average Bonchev–Trinajstić information content (AvgIpc) is 2.87. The van der Waals surface area contributed by atoms with Crippen molar-refractivity contribution >= 4 is 55.6 Å². The van der Waals surface area contributed by atoms with Crippen molar-refractivity contribution in [2.45, 2.75) is 4.90 Å². The van der Waals surface area contributed by atoms with Crippen LogP contribution in [0.5, 0.6) is 11.5 Å². The van der Waals surface area contributed by atoms with Gasteiger partial charge in [0.05, 0.1) is 14.2 Å². The summed E-state index contributed by atoms with van der Waals surface area (Å²) >= 11 is 0. The van der Waals surface area contributed by atoms with Gasteiger partial charge < -0.3 is 9.47 Å². The summed E-state index contributed by atoms with van der Waals surface area (Å²) < 4.78 is 43.7. The number of benzene rings is 5. The molecule has 1 N–H and O–H groups in total. The second-order valence-electron chi connectivity index (χ2n) is 7.57. The molecule has 5 nitrogen and oxygen atoms in total. The Morgan fingerprint density at radius 3 is 1.57 bits per heavy atom. The maximum atomic E-state index is 11.9. The lowest BCUT2D eigenvalue weighted by Gasteiger charge is -2.14. The first-order valence-electron chi connectivity index (χ1n) is 10.6. The number of hydrogen-bond donors (Lipinski definition) is 1. The van der Waals surface area contributed by atoms with Gasteiger partial charge in [-0.25, -0.2) is 0 Å². The summed E-state index contributed by atoms with van der Waals surface area (Å²) in [6.45, 7) is 0. The summed E-state index contributed by atoms with van der Waals surface area (Å²) in [5.74, 6) is 0.241. The topological polar surface area (TPSA) is 72.8 Å². The molecule has 180 valence electrons. The molecule has 0 amide bonds. The molecular formula is C28H25IO5S. The Labute approximate surface area is 222 Å². The minimum absolute atomic E-state index is 0. The predicted molar refractivity (Wildman–Crippen MR) is 152 cm³/mol. The van der Waals surface area contributed by atoms with Gasteiger partial charge >= 0.3 is 0 Å². The second-order valence-corrected chi connectivity index (χ2v) is 8.93. The third-order valence-electron chi connectivity index (χ3n) is 5.44. The van der Waals surface area contributed by atoms with E-state index in [0.29, 0.717) is 10.8 Å². The molecule has 0 radical (unpaired) electrons. The second kappa shape index (κ2) is 11.5. The molecule has 0 bridgehead atoms. The fourth-order valence-corrected chi connectivity index (χ4v) is 4.75. The predicted octanol–water partition coefficient (Wildman–Crippen LogP) is 7.23. The van der Waals surface area contributed by atoms with Crippen LogP contribution in [0.15, 0.2) is 108 Å². The normalized spacial score (nSPS) is 10.7. The van der Waals surface area contributed by atoms with Gasteiger partial charge in [0.15, 0.2) is 11.5 Å². The minimum atomic E-state index is -4.48. The van der Waals surface area contributed by atoms with Crippen molar-refractivity contribution in [3.05, 3.63) is 103 Å². The first-order chi connectivity index (χ1) is 16.4. The van der Waals surface area contributed by atoms with Gasteiger partial charge in [-0.3, -0.25) is 4.55 Å². The molecular weight excluding hydrogens is 575 g/mol. The zero-order valence-electron chi connectivity index (χ0n) is 19.2. The maximum Gasteiger partial charge on any atom is 0.299 e. The highest BCUT2D eigenvalue weighted by Crippen LogP contribution is 2.41.